The van der Waals surface area contributed by atoms with Crippen LogP contribution in [0.25, 0.3) is 0 Å². The number of benzene rings is 2. The van der Waals surface area contributed by atoms with Crippen molar-refractivity contribution in [1.29, 1.82) is 0 Å². The Morgan fingerprint density at radius 1 is 1.15 bits per heavy atom. The summed E-state index contributed by atoms with van der Waals surface area (Å²) in [5, 5.41) is 9.43. The minimum atomic E-state index is -0.243. The van der Waals surface area contributed by atoms with E-state index >= 15 is 0 Å². The molecule has 2 aromatic rings. The number of carbonyl (C=O) groups excluding carboxylic acids is 2. The number of Topliss-reactive ketones (excluding diaryl/α,β-unsaturated/α-hetero) is 1. The Kier molecular flexibility index (Phi) is 8.29. The smallest absolute Gasteiger partial charge is 0.319 e. The summed E-state index contributed by atoms with van der Waals surface area (Å²) in [5.74, 6) is 0.734. The maximum Gasteiger partial charge on any atom is 0.319 e. The van der Waals surface area contributed by atoms with Gasteiger partial charge in [-0.15, -0.1) is 0 Å². The van der Waals surface area contributed by atoms with Crippen molar-refractivity contribution in [3.8, 4) is 0 Å². The van der Waals surface area contributed by atoms with Crippen LogP contribution in [0.15, 0.2) is 48.5 Å². The Labute approximate surface area is 201 Å². The quantitative estimate of drug-likeness (QED) is 0.538. The molecule has 6 nitrogen and oxygen atoms in total. The molecule has 2 fully saturated rings. The molecule has 182 valence electrons. The van der Waals surface area contributed by atoms with Gasteiger partial charge in [0.25, 0.3) is 0 Å². The van der Waals surface area contributed by atoms with Crippen LogP contribution in [0.2, 0.25) is 0 Å². The first-order chi connectivity index (χ1) is 16.5. The van der Waals surface area contributed by atoms with E-state index in [4.69, 9.17) is 0 Å². The predicted octanol–water partition coefficient (Wildman–Crippen LogP) is 4.08. The standard InChI is InChI=1S/C27H35FN4O2/c1-19(33)22-5-2-6-25(15-22)30-27(34)31-26-16-29-12-11-23(26)18-32-13-3-4-21(17-32)14-20-7-9-24(28)10-8-20/h2,5-10,15,21,23,26,29H,3-4,11-14,16-18H2,1H3,(H2,30,31,34)/t21-,23-,26-/m0/s1. The molecule has 0 aromatic heterocycles. The van der Waals surface area contributed by atoms with Crippen LogP contribution in [0.5, 0.6) is 0 Å². The van der Waals surface area contributed by atoms with Gasteiger partial charge in [-0.2, -0.15) is 0 Å². The van der Waals surface area contributed by atoms with E-state index in [1.165, 1.54) is 25.3 Å². The van der Waals surface area contributed by atoms with E-state index in [1.54, 1.807) is 36.4 Å². The number of hydrogen-bond donors (Lipinski definition) is 3. The normalized spacial score (nSPS) is 23.3. The molecule has 3 N–H and O–H groups in total. The van der Waals surface area contributed by atoms with Crippen molar-refractivity contribution in [3.05, 3.63) is 65.5 Å². The summed E-state index contributed by atoms with van der Waals surface area (Å²) in [7, 11) is 0. The highest BCUT2D eigenvalue weighted by Gasteiger charge is 2.30. The Hall–Kier alpha value is -2.77. The van der Waals surface area contributed by atoms with Gasteiger partial charge in [0.1, 0.15) is 5.82 Å². The molecule has 2 heterocycles. The Morgan fingerprint density at radius 2 is 1.97 bits per heavy atom. The first kappa shape index (κ1) is 24.4. The molecule has 2 aromatic carbocycles. The molecule has 2 saturated heterocycles. The van der Waals surface area contributed by atoms with Crippen molar-refractivity contribution in [3.63, 3.8) is 0 Å². The van der Waals surface area contributed by atoms with Crippen LogP contribution >= 0.6 is 0 Å². The molecule has 2 aliphatic heterocycles. The highest BCUT2D eigenvalue weighted by atomic mass is 19.1. The second-order valence-electron chi connectivity index (χ2n) is 9.69. The number of carbonyl (C=O) groups is 2. The van der Waals surface area contributed by atoms with Crippen molar-refractivity contribution in [1.82, 2.24) is 15.5 Å². The van der Waals surface area contributed by atoms with Crippen molar-refractivity contribution < 1.29 is 14.0 Å². The van der Waals surface area contributed by atoms with Gasteiger partial charge in [0, 0.05) is 36.9 Å². The minimum absolute atomic E-state index is 0.0279. The molecular weight excluding hydrogens is 431 g/mol. The molecule has 2 amide bonds. The van der Waals surface area contributed by atoms with Crippen LogP contribution in [0.4, 0.5) is 14.9 Å². The SMILES string of the molecule is CC(=O)c1cccc(NC(=O)N[C@H]2CNCC[C@H]2CN2CCC[C@@H](Cc3ccc(F)cc3)C2)c1. The average molecular weight is 467 g/mol. The summed E-state index contributed by atoms with van der Waals surface area (Å²) in [6, 6.07) is 13.7. The zero-order valence-electron chi connectivity index (χ0n) is 19.9. The zero-order valence-corrected chi connectivity index (χ0v) is 19.9. The fourth-order valence-electron chi connectivity index (χ4n) is 5.22. The molecule has 3 atom stereocenters. The lowest BCUT2D eigenvalue weighted by Crippen LogP contribution is -2.55. The number of rotatable bonds is 7. The van der Waals surface area contributed by atoms with Gasteiger partial charge in [-0.25, -0.2) is 9.18 Å². The third-order valence-corrected chi connectivity index (χ3v) is 7.00. The number of anilines is 1. The average Bonchev–Trinajstić information content (AvgIpc) is 2.82. The van der Waals surface area contributed by atoms with E-state index in [0.717, 1.165) is 45.6 Å². The third kappa shape index (κ3) is 6.87. The van der Waals surface area contributed by atoms with Crippen molar-refractivity contribution in [2.24, 2.45) is 11.8 Å². The topological polar surface area (TPSA) is 73.5 Å². The second kappa shape index (κ2) is 11.6. The van der Waals surface area contributed by atoms with Crippen molar-refractivity contribution in [2.45, 2.75) is 38.6 Å². The lowest BCUT2D eigenvalue weighted by atomic mass is 9.88. The van der Waals surface area contributed by atoms with Crippen molar-refractivity contribution in [2.75, 3.05) is 38.0 Å². The molecule has 4 rings (SSSR count). The van der Waals surface area contributed by atoms with Crippen LogP contribution < -0.4 is 16.0 Å². The summed E-state index contributed by atoms with van der Waals surface area (Å²) < 4.78 is 13.2. The first-order valence-corrected chi connectivity index (χ1v) is 12.3. The van der Waals surface area contributed by atoms with Gasteiger partial charge in [0.15, 0.2) is 5.78 Å². The summed E-state index contributed by atoms with van der Waals surface area (Å²) in [4.78, 5) is 26.9. The maximum atomic E-state index is 13.2. The number of ketones is 1. The van der Waals surface area contributed by atoms with Gasteiger partial charge in [0.2, 0.25) is 0 Å². The number of likely N-dealkylation sites (tertiary alicyclic amines) is 1. The van der Waals surface area contributed by atoms with Crippen molar-refractivity contribution >= 4 is 17.5 Å². The highest BCUT2D eigenvalue weighted by Crippen LogP contribution is 2.24. The van der Waals surface area contributed by atoms with Crippen LogP contribution in [-0.2, 0) is 6.42 Å². The third-order valence-electron chi connectivity index (χ3n) is 7.00. The van der Waals surface area contributed by atoms with Gasteiger partial charge in [-0.05, 0) is 87.4 Å². The summed E-state index contributed by atoms with van der Waals surface area (Å²) in [5.41, 5.74) is 2.39. The molecule has 0 unspecified atom stereocenters. The number of amides is 2. The van der Waals surface area contributed by atoms with E-state index in [2.05, 4.69) is 20.9 Å². The molecule has 2 aliphatic rings. The summed E-state index contributed by atoms with van der Waals surface area (Å²) in [6.07, 6.45) is 4.36. The number of urea groups is 1. The van der Waals surface area contributed by atoms with Crippen LogP contribution in [0, 0.1) is 17.7 Å². The van der Waals surface area contributed by atoms with E-state index < -0.39 is 0 Å². The van der Waals surface area contributed by atoms with Gasteiger partial charge in [-0.3, -0.25) is 4.79 Å². The monoisotopic (exact) mass is 466 g/mol. The van der Waals surface area contributed by atoms with Gasteiger partial charge in [-0.1, -0.05) is 24.3 Å². The number of piperidine rings is 2. The molecular formula is C27H35FN4O2. The van der Waals surface area contributed by atoms with Gasteiger partial charge in [0.05, 0.1) is 0 Å². The summed E-state index contributed by atoms with van der Waals surface area (Å²) >= 11 is 0. The molecule has 34 heavy (non-hydrogen) atoms. The number of hydrogen-bond acceptors (Lipinski definition) is 4. The minimum Gasteiger partial charge on any atom is -0.334 e. The Morgan fingerprint density at radius 3 is 2.76 bits per heavy atom. The molecule has 0 aliphatic carbocycles. The molecule has 7 heteroatoms. The Balaban J connectivity index is 1.30. The molecule has 0 saturated carbocycles. The van der Waals surface area contributed by atoms with E-state index in [0.29, 0.717) is 23.1 Å². The van der Waals surface area contributed by atoms with Crippen LogP contribution in [-0.4, -0.2) is 55.5 Å². The Bertz CT molecular complexity index is 981. The molecule has 0 spiro atoms. The fraction of sp³-hybridized carbons (Fsp3) is 0.481. The molecule has 0 radical (unpaired) electrons. The largest absolute Gasteiger partial charge is 0.334 e. The maximum absolute atomic E-state index is 13.2. The van der Waals surface area contributed by atoms with Gasteiger partial charge >= 0.3 is 6.03 Å². The highest BCUT2D eigenvalue weighted by molar-refractivity contribution is 5.96. The zero-order chi connectivity index (χ0) is 23.9. The fourth-order valence-corrected chi connectivity index (χ4v) is 5.22. The second-order valence-corrected chi connectivity index (χ2v) is 9.69. The number of halogens is 1. The first-order valence-electron chi connectivity index (χ1n) is 12.3. The van der Waals surface area contributed by atoms with E-state index in [-0.39, 0.29) is 23.7 Å². The van der Waals surface area contributed by atoms with Gasteiger partial charge < -0.3 is 20.9 Å². The van der Waals surface area contributed by atoms with Crippen LogP contribution in [0.1, 0.15) is 42.1 Å². The van der Waals surface area contributed by atoms with E-state index in [1.807, 2.05) is 12.1 Å². The van der Waals surface area contributed by atoms with Crippen LogP contribution in [0.3, 0.4) is 0 Å². The molecule has 0 bridgehead atoms. The number of nitrogens with zero attached hydrogens (tertiary/aromatic N) is 1. The lowest BCUT2D eigenvalue weighted by Gasteiger charge is -2.39. The number of nitrogens with one attached hydrogen (secondary N) is 3. The predicted molar refractivity (Wildman–Crippen MR) is 133 cm³/mol. The van der Waals surface area contributed by atoms with E-state index in [9.17, 15) is 14.0 Å². The summed E-state index contributed by atoms with van der Waals surface area (Å²) in [6.45, 7) is 6.31. The lowest BCUT2D eigenvalue weighted by molar-refractivity contribution is 0.101.